The summed E-state index contributed by atoms with van der Waals surface area (Å²) in [6.07, 6.45) is 1.37. The molecule has 0 aliphatic heterocycles. The van der Waals surface area contributed by atoms with Gasteiger partial charge < -0.3 is 19.4 Å². The topological polar surface area (TPSA) is 109 Å². The van der Waals surface area contributed by atoms with Gasteiger partial charge in [-0.1, -0.05) is 12.1 Å². The highest BCUT2D eigenvalue weighted by Crippen LogP contribution is 2.30. The third-order valence-corrected chi connectivity index (χ3v) is 5.05. The van der Waals surface area contributed by atoms with Crippen LogP contribution in [0.25, 0.3) is 11.2 Å². The van der Waals surface area contributed by atoms with Gasteiger partial charge in [0.15, 0.2) is 16.9 Å². The van der Waals surface area contributed by atoms with Crippen molar-refractivity contribution >= 4 is 22.8 Å². The minimum Gasteiger partial charge on any atom is -0.494 e. The Morgan fingerprint density at radius 2 is 1.70 bits per heavy atom. The highest BCUT2D eigenvalue weighted by atomic mass is 16.5. The molecule has 0 bridgehead atoms. The molecule has 0 radical (unpaired) electrons. The van der Waals surface area contributed by atoms with Crippen LogP contribution in [0.2, 0.25) is 0 Å². The fourth-order valence-corrected chi connectivity index (χ4v) is 3.42. The first-order valence-corrected chi connectivity index (χ1v) is 10.3. The summed E-state index contributed by atoms with van der Waals surface area (Å²) in [6.45, 7) is 2.32. The van der Waals surface area contributed by atoms with E-state index in [2.05, 4.69) is 10.3 Å². The van der Waals surface area contributed by atoms with Crippen molar-refractivity contribution < 1.29 is 14.3 Å². The second kappa shape index (κ2) is 9.03. The van der Waals surface area contributed by atoms with Gasteiger partial charge >= 0.3 is 5.69 Å². The zero-order valence-corrected chi connectivity index (χ0v) is 18.4. The summed E-state index contributed by atoms with van der Waals surface area (Å²) in [6, 6.07) is 14.2. The van der Waals surface area contributed by atoms with Crippen molar-refractivity contribution in [3.05, 3.63) is 75.7 Å². The second-order valence-corrected chi connectivity index (χ2v) is 7.30. The summed E-state index contributed by atoms with van der Waals surface area (Å²) < 4.78 is 15.0. The average Bonchev–Trinajstić information content (AvgIpc) is 3.22. The number of carbonyl (C=O) groups is 1. The number of hydrogen-bond donors (Lipinski definition) is 1. The summed E-state index contributed by atoms with van der Waals surface area (Å²) in [5.74, 6) is 1.41. The van der Waals surface area contributed by atoms with E-state index in [1.165, 1.54) is 29.6 Å². The van der Waals surface area contributed by atoms with Gasteiger partial charge in [0.25, 0.3) is 5.56 Å². The first kappa shape index (κ1) is 21.9. The van der Waals surface area contributed by atoms with Crippen molar-refractivity contribution in [1.29, 1.82) is 0 Å². The molecule has 33 heavy (non-hydrogen) atoms. The van der Waals surface area contributed by atoms with E-state index in [1.807, 2.05) is 6.92 Å². The molecule has 0 fully saturated rings. The number of nitrogens with one attached hydrogen (secondary N) is 1. The molecule has 0 saturated carbocycles. The SMILES string of the molecule is CCOc1ccc(Oc2ccccc2NC(=O)Cn2cnc3c2c(=O)n(C)c(=O)n3C)cc1. The second-order valence-electron chi connectivity index (χ2n) is 7.30. The first-order chi connectivity index (χ1) is 15.9. The molecule has 2 aromatic carbocycles. The normalized spacial score (nSPS) is 10.9. The Kier molecular flexibility index (Phi) is 5.99. The van der Waals surface area contributed by atoms with Gasteiger partial charge in [-0.25, -0.2) is 9.78 Å². The van der Waals surface area contributed by atoms with E-state index in [9.17, 15) is 14.4 Å². The number of benzene rings is 2. The minimum atomic E-state index is -0.516. The van der Waals surface area contributed by atoms with E-state index in [-0.39, 0.29) is 23.6 Å². The molecule has 2 heterocycles. The molecule has 0 unspecified atom stereocenters. The van der Waals surface area contributed by atoms with Crippen LogP contribution < -0.4 is 26.0 Å². The van der Waals surface area contributed by atoms with Crippen LogP contribution >= 0.6 is 0 Å². The zero-order chi connectivity index (χ0) is 23.5. The van der Waals surface area contributed by atoms with Gasteiger partial charge in [-0.3, -0.25) is 18.7 Å². The number of imidazole rings is 1. The molecule has 0 saturated heterocycles. The molecule has 10 nitrogen and oxygen atoms in total. The van der Waals surface area contributed by atoms with Crippen LogP contribution in [0.3, 0.4) is 0 Å². The van der Waals surface area contributed by atoms with E-state index in [4.69, 9.17) is 9.47 Å². The van der Waals surface area contributed by atoms with Gasteiger partial charge in [0, 0.05) is 14.1 Å². The standard InChI is InChI=1S/C23H23N5O5/c1-4-32-15-9-11-16(12-10-15)33-18-8-6-5-7-17(18)25-19(29)13-28-14-24-21-20(28)22(30)27(3)23(31)26(21)2/h5-12,14H,4,13H2,1-3H3,(H,25,29). The molecule has 1 amide bonds. The van der Waals surface area contributed by atoms with Crippen molar-refractivity contribution in [1.82, 2.24) is 18.7 Å². The minimum absolute atomic E-state index is 0.165. The number of nitrogens with zero attached hydrogens (tertiary/aromatic N) is 4. The maximum atomic E-state index is 12.8. The maximum Gasteiger partial charge on any atom is 0.332 e. The van der Waals surface area contributed by atoms with Crippen molar-refractivity contribution in [2.75, 3.05) is 11.9 Å². The third kappa shape index (κ3) is 4.36. The number of aryl methyl sites for hydroxylation is 1. The highest BCUT2D eigenvalue weighted by molar-refractivity contribution is 5.92. The van der Waals surface area contributed by atoms with Crippen LogP contribution in [0.4, 0.5) is 5.69 Å². The van der Waals surface area contributed by atoms with E-state index < -0.39 is 11.2 Å². The molecule has 2 aromatic heterocycles. The lowest BCUT2D eigenvalue weighted by Crippen LogP contribution is -2.37. The Morgan fingerprint density at radius 1 is 1.00 bits per heavy atom. The number of amides is 1. The molecular formula is C23H23N5O5. The zero-order valence-electron chi connectivity index (χ0n) is 18.4. The number of carbonyl (C=O) groups excluding carboxylic acids is 1. The number of aromatic nitrogens is 4. The number of fused-ring (bicyclic) bond motifs is 1. The summed E-state index contributed by atoms with van der Waals surface area (Å²) in [5, 5.41) is 2.81. The van der Waals surface area contributed by atoms with Crippen molar-refractivity contribution in [2.24, 2.45) is 14.1 Å². The summed E-state index contributed by atoms with van der Waals surface area (Å²) >= 11 is 0. The monoisotopic (exact) mass is 449 g/mol. The smallest absolute Gasteiger partial charge is 0.332 e. The lowest BCUT2D eigenvalue weighted by Gasteiger charge is -2.13. The molecule has 1 N–H and O–H groups in total. The summed E-state index contributed by atoms with van der Waals surface area (Å²) in [4.78, 5) is 41.6. The number of ether oxygens (including phenoxy) is 2. The maximum absolute atomic E-state index is 12.8. The predicted octanol–water partition coefficient (Wildman–Crippen LogP) is 2.26. The van der Waals surface area contributed by atoms with Gasteiger partial charge in [-0.15, -0.1) is 0 Å². The number of hydrogen-bond acceptors (Lipinski definition) is 6. The fourth-order valence-electron chi connectivity index (χ4n) is 3.42. The van der Waals surface area contributed by atoms with E-state index in [0.717, 1.165) is 10.3 Å². The highest BCUT2D eigenvalue weighted by Gasteiger charge is 2.17. The molecule has 0 spiro atoms. The number of anilines is 1. The Morgan fingerprint density at radius 3 is 2.42 bits per heavy atom. The predicted molar refractivity (Wildman–Crippen MR) is 123 cm³/mol. The van der Waals surface area contributed by atoms with Crippen LogP contribution in [0.5, 0.6) is 17.2 Å². The van der Waals surface area contributed by atoms with Gasteiger partial charge in [-0.05, 0) is 43.3 Å². The number of para-hydroxylation sites is 2. The number of rotatable bonds is 7. The molecule has 170 valence electrons. The Labute approximate surface area is 188 Å². The van der Waals surface area contributed by atoms with Crippen LogP contribution in [-0.4, -0.2) is 31.2 Å². The summed E-state index contributed by atoms with van der Waals surface area (Å²) in [7, 11) is 2.91. The van der Waals surface area contributed by atoms with E-state index in [1.54, 1.807) is 48.5 Å². The molecule has 4 rings (SSSR count). The molecular weight excluding hydrogens is 426 g/mol. The molecule has 10 heteroatoms. The van der Waals surface area contributed by atoms with Crippen LogP contribution in [0.1, 0.15) is 6.92 Å². The van der Waals surface area contributed by atoms with Gasteiger partial charge in [0.05, 0.1) is 18.6 Å². The molecule has 0 atom stereocenters. The Balaban J connectivity index is 1.54. The average molecular weight is 449 g/mol. The van der Waals surface area contributed by atoms with Crippen molar-refractivity contribution in [2.45, 2.75) is 13.5 Å². The van der Waals surface area contributed by atoms with Crippen molar-refractivity contribution in [3.8, 4) is 17.2 Å². The Bertz CT molecular complexity index is 1430. The third-order valence-electron chi connectivity index (χ3n) is 5.05. The lowest BCUT2D eigenvalue weighted by atomic mass is 10.2. The van der Waals surface area contributed by atoms with Crippen LogP contribution in [-0.2, 0) is 25.4 Å². The molecule has 0 aliphatic rings. The quantitative estimate of drug-likeness (QED) is 0.464. The summed E-state index contributed by atoms with van der Waals surface area (Å²) in [5.41, 5.74) is -0.134. The fraction of sp³-hybridized carbons (Fsp3) is 0.217. The van der Waals surface area contributed by atoms with Gasteiger partial charge in [-0.2, -0.15) is 0 Å². The first-order valence-electron chi connectivity index (χ1n) is 10.3. The Hall–Kier alpha value is -4.34. The van der Waals surface area contributed by atoms with Gasteiger partial charge in [0.2, 0.25) is 5.91 Å². The van der Waals surface area contributed by atoms with Crippen molar-refractivity contribution in [3.63, 3.8) is 0 Å². The van der Waals surface area contributed by atoms with Crippen LogP contribution in [0.15, 0.2) is 64.4 Å². The largest absolute Gasteiger partial charge is 0.494 e. The molecule has 4 aromatic rings. The van der Waals surface area contributed by atoms with Gasteiger partial charge in [0.1, 0.15) is 18.0 Å². The van der Waals surface area contributed by atoms with Crippen LogP contribution in [0, 0.1) is 0 Å². The lowest BCUT2D eigenvalue weighted by molar-refractivity contribution is -0.116. The van der Waals surface area contributed by atoms with E-state index >= 15 is 0 Å². The molecule has 0 aliphatic carbocycles. The van der Waals surface area contributed by atoms with E-state index in [0.29, 0.717) is 23.8 Å².